The minimum Gasteiger partial charge on any atom is -0.317 e. The lowest BCUT2D eigenvalue weighted by Gasteiger charge is -2.03. The molecule has 1 fully saturated rings. The second kappa shape index (κ2) is 4.93. The lowest BCUT2D eigenvalue weighted by Crippen LogP contribution is -2.15. The number of benzene rings is 1. The molecule has 0 unspecified atom stereocenters. The Bertz CT molecular complexity index is 725. The number of amides is 1. The Morgan fingerprint density at radius 1 is 1.48 bits per heavy atom. The average Bonchev–Trinajstić information content (AvgIpc) is 3.18. The number of hydrogen-bond donors (Lipinski definition) is 2. The number of aromatic nitrogens is 3. The number of nitrogens with zero attached hydrogens (tertiary/aromatic N) is 3. The standard InChI is InChI=1S/C12H10FN5O3/c13-8-5-7(18(20)21)3-4-9(8)14-12(19)11-15-10(16-17-11)6-1-2-6/h3-6H,1-2H2,(H,14,19)(H,15,16,17). The van der Waals surface area contributed by atoms with Crippen molar-refractivity contribution in [1.29, 1.82) is 0 Å². The molecule has 0 atom stereocenters. The number of anilines is 1. The summed E-state index contributed by atoms with van der Waals surface area (Å²) in [6.45, 7) is 0. The first-order valence-electron chi connectivity index (χ1n) is 6.22. The molecule has 21 heavy (non-hydrogen) atoms. The Morgan fingerprint density at radius 3 is 2.86 bits per heavy atom. The lowest BCUT2D eigenvalue weighted by molar-refractivity contribution is -0.385. The zero-order valence-electron chi connectivity index (χ0n) is 10.7. The molecule has 0 radical (unpaired) electrons. The summed E-state index contributed by atoms with van der Waals surface area (Å²) in [5.74, 6) is -0.699. The van der Waals surface area contributed by atoms with E-state index in [0.717, 1.165) is 31.0 Å². The molecule has 3 rings (SSSR count). The van der Waals surface area contributed by atoms with Crippen LogP contribution in [0.2, 0.25) is 0 Å². The predicted octanol–water partition coefficient (Wildman–Crippen LogP) is 1.98. The van der Waals surface area contributed by atoms with Gasteiger partial charge in [-0.15, -0.1) is 5.10 Å². The van der Waals surface area contributed by atoms with Gasteiger partial charge in [0.2, 0.25) is 5.82 Å². The number of H-pyrrole nitrogens is 1. The maximum atomic E-state index is 13.7. The quantitative estimate of drug-likeness (QED) is 0.660. The van der Waals surface area contributed by atoms with E-state index in [0.29, 0.717) is 11.7 Å². The molecule has 0 bridgehead atoms. The molecule has 9 heteroatoms. The van der Waals surface area contributed by atoms with Gasteiger partial charge < -0.3 is 5.32 Å². The van der Waals surface area contributed by atoms with Gasteiger partial charge in [-0.25, -0.2) is 9.37 Å². The maximum absolute atomic E-state index is 13.7. The van der Waals surface area contributed by atoms with Gasteiger partial charge in [0.15, 0.2) is 5.82 Å². The van der Waals surface area contributed by atoms with E-state index in [1.165, 1.54) is 0 Å². The molecule has 0 saturated heterocycles. The summed E-state index contributed by atoms with van der Waals surface area (Å²) >= 11 is 0. The molecule has 2 aromatic rings. The highest BCUT2D eigenvalue weighted by Gasteiger charge is 2.28. The van der Waals surface area contributed by atoms with E-state index in [4.69, 9.17) is 0 Å². The van der Waals surface area contributed by atoms with E-state index in [1.807, 2.05) is 0 Å². The van der Waals surface area contributed by atoms with Crippen molar-refractivity contribution in [3.63, 3.8) is 0 Å². The maximum Gasteiger partial charge on any atom is 0.295 e. The van der Waals surface area contributed by atoms with Crippen LogP contribution in [0.15, 0.2) is 18.2 Å². The molecule has 1 saturated carbocycles. The average molecular weight is 291 g/mol. The SMILES string of the molecule is O=C(Nc1ccc([N+](=O)[O-])cc1F)c1n[nH]c(C2CC2)n1. The van der Waals surface area contributed by atoms with E-state index in [9.17, 15) is 19.3 Å². The Hall–Kier alpha value is -2.84. The molecule has 1 heterocycles. The van der Waals surface area contributed by atoms with E-state index in [-0.39, 0.29) is 17.2 Å². The molecule has 1 aromatic carbocycles. The van der Waals surface area contributed by atoms with Gasteiger partial charge in [0.1, 0.15) is 5.82 Å². The molecular formula is C12H10FN5O3. The molecule has 108 valence electrons. The van der Waals surface area contributed by atoms with Crippen LogP contribution in [0.25, 0.3) is 0 Å². The van der Waals surface area contributed by atoms with E-state index in [1.54, 1.807) is 0 Å². The van der Waals surface area contributed by atoms with Gasteiger partial charge in [0.25, 0.3) is 11.6 Å². The fourth-order valence-corrected chi connectivity index (χ4v) is 1.81. The smallest absolute Gasteiger partial charge is 0.295 e. The number of nitro groups is 1. The lowest BCUT2D eigenvalue weighted by atomic mass is 10.2. The van der Waals surface area contributed by atoms with E-state index in [2.05, 4.69) is 20.5 Å². The Balaban J connectivity index is 1.75. The second-order valence-electron chi connectivity index (χ2n) is 4.69. The molecule has 2 N–H and O–H groups in total. The minimum atomic E-state index is -0.893. The van der Waals surface area contributed by atoms with Crippen molar-refractivity contribution in [2.75, 3.05) is 5.32 Å². The summed E-state index contributed by atoms with van der Waals surface area (Å²) in [6, 6.07) is 2.97. The molecular weight excluding hydrogens is 281 g/mol. The Kier molecular flexibility index (Phi) is 3.09. The highest BCUT2D eigenvalue weighted by atomic mass is 19.1. The largest absolute Gasteiger partial charge is 0.317 e. The number of nitrogens with one attached hydrogen (secondary N) is 2. The summed E-state index contributed by atoms with van der Waals surface area (Å²) in [6.07, 6.45) is 2.01. The molecule has 1 amide bonds. The van der Waals surface area contributed by atoms with Crippen LogP contribution in [-0.2, 0) is 0 Å². The van der Waals surface area contributed by atoms with Crippen LogP contribution in [0.4, 0.5) is 15.8 Å². The zero-order valence-corrected chi connectivity index (χ0v) is 10.7. The van der Waals surface area contributed by atoms with Crippen LogP contribution in [-0.4, -0.2) is 26.0 Å². The normalized spacial score (nSPS) is 14.0. The van der Waals surface area contributed by atoms with Gasteiger partial charge in [-0.05, 0) is 18.9 Å². The van der Waals surface area contributed by atoms with Gasteiger partial charge in [0, 0.05) is 12.0 Å². The first-order chi connectivity index (χ1) is 10.0. The fraction of sp³-hybridized carbons (Fsp3) is 0.250. The van der Waals surface area contributed by atoms with Crippen molar-refractivity contribution in [2.24, 2.45) is 0 Å². The van der Waals surface area contributed by atoms with Crippen molar-refractivity contribution >= 4 is 17.3 Å². The number of hydrogen-bond acceptors (Lipinski definition) is 5. The van der Waals surface area contributed by atoms with Crippen molar-refractivity contribution in [3.8, 4) is 0 Å². The van der Waals surface area contributed by atoms with Crippen molar-refractivity contribution in [1.82, 2.24) is 15.2 Å². The molecule has 8 nitrogen and oxygen atoms in total. The third-order valence-corrected chi connectivity index (χ3v) is 3.08. The number of carbonyl (C=O) groups excluding carboxylic acids is 1. The van der Waals surface area contributed by atoms with Crippen LogP contribution in [0.3, 0.4) is 0 Å². The topological polar surface area (TPSA) is 114 Å². The third kappa shape index (κ3) is 2.71. The Morgan fingerprint density at radius 2 is 2.24 bits per heavy atom. The first-order valence-corrected chi connectivity index (χ1v) is 6.22. The van der Waals surface area contributed by atoms with Gasteiger partial charge in [-0.2, -0.15) is 0 Å². The fourth-order valence-electron chi connectivity index (χ4n) is 1.81. The predicted molar refractivity (Wildman–Crippen MR) is 69.4 cm³/mol. The van der Waals surface area contributed by atoms with E-state index < -0.39 is 16.6 Å². The van der Waals surface area contributed by atoms with Crippen LogP contribution >= 0.6 is 0 Å². The molecule has 0 spiro atoms. The van der Waals surface area contributed by atoms with E-state index >= 15 is 0 Å². The minimum absolute atomic E-state index is 0.0883. The first kappa shape index (κ1) is 13.2. The summed E-state index contributed by atoms with van der Waals surface area (Å²) in [5, 5.41) is 19.2. The number of non-ortho nitro benzene ring substituents is 1. The molecule has 1 aliphatic rings. The van der Waals surface area contributed by atoms with Crippen LogP contribution < -0.4 is 5.32 Å². The van der Waals surface area contributed by atoms with Crippen LogP contribution in [0.1, 0.15) is 35.2 Å². The monoisotopic (exact) mass is 291 g/mol. The van der Waals surface area contributed by atoms with Crippen LogP contribution in [0.5, 0.6) is 0 Å². The highest BCUT2D eigenvalue weighted by molar-refractivity contribution is 6.01. The second-order valence-corrected chi connectivity index (χ2v) is 4.69. The molecule has 1 aliphatic carbocycles. The molecule has 1 aromatic heterocycles. The van der Waals surface area contributed by atoms with Gasteiger partial charge in [-0.3, -0.25) is 20.0 Å². The Labute approximate surface area is 117 Å². The van der Waals surface area contributed by atoms with Gasteiger partial charge in [0.05, 0.1) is 16.7 Å². The van der Waals surface area contributed by atoms with Gasteiger partial charge >= 0.3 is 0 Å². The summed E-state index contributed by atoms with van der Waals surface area (Å²) < 4.78 is 13.7. The zero-order chi connectivity index (χ0) is 15.0. The number of halogens is 1. The highest BCUT2D eigenvalue weighted by Crippen LogP contribution is 2.37. The summed E-state index contributed by atoms with van der Waals surface area (Å²) in [4.78, 5) is 25.7. The number of nitro benzene ring substituents is 1. The third-order valence-electron chi connectivity index (χ3n) is 3.08. The summed E-state index contributed by atoms with van der Waals surface area (Å²) in [7, 11) is 0. The number of aromatic amines is 1. The summed E-state index contributed by atoms with van der Waals surface area (Å²) in [5.41, 5.74) is -0.553. The number of carbonyl (C=O) groups is 1. The van der Waals surface area contributed by atoms with Crippen molar-refractivity contribution in [2.45, 2.75) is 18.8 Å². The van der Waals surface area contributed by atoms with Crippen molar-refractivity contribution in [3.05, 3.63) is 45.8 Å². The molecule has 0 aliphatic heterocycles. The number of rotatable bonds is 4. The van der Waals surface area contributed by atoms with Gasteiger partial charge in [-0.1, -0.05) is 0 Å². The van der Waals surface area contributed by atoms with Crippen molar-refractivity contribution < 1.29 is 14.1 Å². The van der Waals surface area contributed by atoms with Crippen LogP contribution in [0, 0.1) is 15.9 Å².